The zero-order valence-electron chi connectivity index (χ0n) is 25.1. The predicted octanol–water partition coefficient (Wildman–Crippen LogP) is 6.62. The van der Waals surface area contributed by atoms with E-state index in [0.29, 0.717) is 41.0 Å². The zero-order valence-corrected chi connectivity index (χ0v) is 26.7. The molecule has 1 heterocycles. The molecule has 242 valence electrons. The number of aliphatic hydroxyl groups is 1. The van der Waals surface area contributed by atoms with E-state index in [-0.39, 0.29) is 37.6 Å². The molecule has 0 aromatic heterocycles. The lowest BCUT2D eigenvalue weighted by Crippen LogP contribution is -2.53. The summed E-state index contributed by atoms with van der Waals surface area (Å²) in [6, 6.07) is 24.9. The second-order valence-corrected chi connectivity index (χ2v) is 11.6. The fourth-order valence-electron chi connectivity index (χ4n) is 5.20. The molecule has 0 aliphatic carbocycles. The molecule has 2 atom stereocenters. The lowest BCUT2D eigenvalue weighted by Gasteiger charge is -2.31. The van der Waals surface area contributed by atoms with Gasteiger partial charge in [0.2, 0.25) is 5.90 Å². The molecule has 13 heteroatoms. The van der Waals surface area contributed by atoms with Gasteiger partial charge in [-0.05, 0) is 64.7 Å². The number of carbonyl (C=O) groups excluding carboxylic acids is 1. The highest BCUT2D eigenvalue weighted by Gasteiger charge is 2.53. The van der Waals surface area contributed by atoms with Gasteiger partial charge in [0, 0.05) is 52.6 Å². The Balaban J connectivity index is 1.55. The topological polar surface area (TPSA) is 141 Å². The van der Waals surface area contributed by atoms with Gasteiger partial charge < -0.3 is 14.6 Å². The van der Waals surface area contributed by atoms with Crippen molar-refractivity contribution in [3.8, 4) is 5.75 Å². The molecular weight excluding hydrogens is 674 g/mol. The Hall–Kier alpha value is -4.81. The van der Waals surface area contributed by atoms with Gasteiger partial charge in [0.15, 0.2) is 11.6 Å². The number of hydrogen-bond acceptors (Lipinski definition) is 7. The van der Waals surface area contributed by atoms with E-state index in [1.54, 1.807) is 24.3 Å². The molecule has 1 amide bonds. The first-order valence-corrected chi connectivity index (χ1v) is 15.5. The summed E-state index contributed by atoms with van der Waals surface area (Å²) in [7, 11) is 0. The second kappa shape index (κ2) is 15.7. The maximum Gasteiger partial charge on any atom is 0.266 e. The molecule has 5 rings (SSSR count). The average molecular weight is 706 g/mol. The molecule has 0 unspecified atom stereocenters. The van der Waals surface area contributed by atoms with Crippen molar-refractivity contribution >= 4 is 27.7 Å². The number of ether oxygens (including phenoxy) is 2. The number of carbonyl (C=O) groups is 1. The number of nitrogens with one attached hydrogen (secondary N) is 2. The van der Waals surface area contributed by atoms with Crippen molar-refractivity contribution in [1.29, 1.82) is 0 Å². The van der Waals surface area contributed by atoms with Gasteiger partial charge in [0.05, 0.1) is 13.2 Å². The molecule has 0 saturated heterocycles. The molecule has 1 aliphatic heterocycles. The average Bonchev–Trinajstić information content (AvgIpc) is 3.46. The van der Waals surface area contributed by atoms with Crippen molar-refractivity contribution in [2.24, 2.45) is 10.1 Å². The van der Waals surface area contributed by atoms with E-state index in [0.717, 1.165) is 16.6 Å². The minimum atomic E-state index is -1.60. The van der Waals surface area contributed by atoms with Crippen LogP contribution in [0.5, 0.6) is 5.75 Å². The second-order valence-electron chi connectivity index (χ2n) is 10.7. The Kier molecular flexibility index (Phi) is 11.2. The molecule has 0 fully saturated rings. The largest absolute Gasteiger partial charge is 0.494 e. The van der Waals surface area contributed by atoms with E-state index in [4.69, 9.17) is 25.1 Å². The molecule has 10 nitrogen and oxygen atoms in total. The van der Waals surface area contributed by atoms with Gasteiger partial charge in [-0.1, -0.05) is 63.5 Å². The first-order chi connectivity index (χ1) is 22.8. The monoisotopic (exact) mass is 704 g/mol. The first-order valence-electron chi connectivity index (χ1n) is 14.7. The standard InChI is InChI=1S/C34H31BrF2N6O4/c35-27-11-6-22(7-12-27)31-34(19-24-4-1-2-5-25(24)20-40-43-38,33(45)42-39-21-26-8-13-28(36)18-30(26)37)41-32(47-31)23-9-14-29(15-10-23)46-17-3-16-44/h1-2,4-15,18,31,39,44H,3,16-17,19-21H2,(H,42,45)/t31-,34-/m0/s1. The van der Waals surface area contributed by atoms with Crippen LogP contribution in [0, 0.1) is 11.6 Å². The van der Waals surface area contributed by atoms with E-state index >= 15 is 0 Å². The highest BCUT2D eigenvalue weighted by molar-refractivity contribution is 9.10. The third kappa shape index (κ3) is 8.13. The Morgan fingerprint density at radius 3 is 2.49 bits per heavy atom. The molecular formula is C34H31BrF2N6O4. The molecule has 1 aliphatic rings. The zero-order chi connectivity index (χ0) is 33.2. The predicted molar refractivity (Wildman–Crippen MR) is 175 cm³/mol. The summed E-state index contributed by atoms with van der Waals surface area (Å²) in [5.74, 6) is -1.22. The van der Waals surface area contributed by atoms with Crippen molar-refractivity contribution in [2.75, 3.05) is 13.2 Å². The van der Waals surface area contributed by atoms with E-state index < -0.39 is 29.2 Å². The minimum absolute atomic E-state index is 0.0179. The summed E-state index contributed by atoms with van der Waals surface area (Å²) in [6.07, 6.45) is -0.370. The van der Waals surface area contributed by atoms with Crippen LogP contribution < -0.4 is 15.6 Å². The number of halogens is 3. The summed E-state index contributed by atoms with van der Waals surface area (Å²) < 4.78 is 40.8. The SMILES string of the molecule is [N-]=[N+]=NCc1ccccc1C[C@]1(C(=O)NNCc2ccc(F)cc2F)N=C(c2ccc(OCCCO)cc2)O[C@H]1c1ccc(Br)cc1. The van der Waals surface area contributed by atoms with E-state index in [1.807, 2.05) is 48.5 Å². The quantitative estimate of drug-likeness (QED) is 0.0445. The van der Waals surface area contributed by atoms with E-state index in [9.17, 15) is 13.6 Å². The van der Waals surface area contributed by atoms with Gasteiger partial charge in [-0.25, -0.2) is 19.2 Å². The fraction of sp³-hybridized carbons (Fsp3) is 0.235. The minimum Gasteiger partial charge on any atom is -0.494 e. The van der Waals surface area contributed by atoms with Crippen molar-refractivity contribution in [1.82, 2.24) is 10.9 Å². The van der Waals surface area contributed by atoms with Crippen LogP contribution in [0.1, 0.15) is 40.3 Å². The van der Waals surface area contributed by atoms with Crippen molar-refractivity contribution in [3.63, 3.8) is 0 Å². The Morgan fingerprint density at radius 2 is 1.79 bits per heavy atom. The number of rotatable bonds is 14. The van der Waals surface area contributed by atoms with E-state index in [1.165, 1.54) is 6.07 Å². The van der Waals surface area contributed by atoms with Gasteiger partial charge in [-0.15, -0.1) is 0 Å². The van der Waals surface area contributed by atoms with E-state index in [2.05, 4.69) is 36.8 Å². The molecule has 0 radical (unpaired) electrons. The number of benzene rings is 4. The number of aliphatic imine (C=N–C) groups is 1. The maximum atomic E-state index is 14.4. The smallest absolute Gasteiger partial charge is 0.266 e. The fourth-order valence-corrected chi connectivity index (χ4v) is 5.46. The Labute approximate surface area is 278 Å². The molecule has 0 bridgehead atoms. The molecule has 0 spiro atoms. The molecule has 4 aromatic rings. The lowest BCUT2D eigenvalue weighted by atomic mass is 9.81. The number of aliphatic hydroxyl groups excluding tert-OH is 1. The molecule has 0 saturated carbocycles. The molecule has 4 aromatic carbocycles. The molecule has 47 heavy (non-hydrogen) atoms. The third-order valence-corrected chi connectivity index (χ3v) is 8.11. The van der Waals surface area contributed by atoms with Crippen LogP contribution in [0.2, 0.25) is 0 Å². The van der Waals surface area contributed by atoms with Crippen LogP contribution in [0.25, 0.3) is 10.4 Å². The Morgan fingerprint density at radius 1 is 1.04 bits per heavy atom. The summed E-state index contributed by atoms with van der Waals surface area (Å²) >= 11 is 3.46. The maximum absolute atomic E-state index is 14.4. The van der Waals surface area contributed by atoms with Crippen molar-refractivity contribution in [3.05, 3.63) is 145 Å². The van der Waals surface area contributed by atoms with Crippen molar-refractivity contribution in [2.45, 2.75) is 37.6 Å². The summed E-state index contributed by atoms with van der Waals surface area (Å²) in [4.78, 5) is 22.3. The van der Waals surface area contributed by atoms with Gasteiger partial charge >= 0.3 is 0 Å². The highest BCUT2D eigenvalue weighted by Crippen LogP contribution is 2.43. The third-order valence-electron chi connectivity index (χ3n) is 7.58. The highest BCUT2D eigenvalue weighted by atomic mass is 79.9. The summed E-state index contributed by atoms with van der Waals surface area (Å²) in [5.41, 5.74) is 15.7. The number of hydrogen-bond donors (Lipinski definition) is 3. The normalized spacial score (nSPS) is 16.9. The Bertz CT molecular complexity index is 1780. The number of nitrogens with zero attached hydrogens (tertiary/aromatic N) is 4. The van der Waals surface area contributed by atoms with Gasteiger partial charge in [0.25, 0.3) is 5.91 Å². The van der Waals surface area contributed by atoms with Crippen LogP contribution in [0.3, 0.4) is 0 Å². The van der Waals surface area contributed by atoms with Crippen LogP contribution in [0.4, 0.5) is 8.78 Å². The number of amides is 1. The van der Waals surface area contributed by atoms with Crippen LogP contribution in [-0.4, -0.2) is 35.7 Å². The van der Waals surface area contributed by atoms with Gasteiger partial charge in [-0.2, -0.15) is 0 Å². The first kappa shape index (κ1) is 33.6. The van der Waals surface area contributed by atoms with Gasteiger partial charge in [-0.3, -0.25) is 10.2 Å². The number of azide groups is 1. The van der Waals surface area contributed by atoms with Crippen LogP contribution in [-0.2, 0) is 29.0 Å². The lowest BCUT2D eigenvalue weighted by molar-refractivity contribution is -0.130. The summed E-state index contributed by atoms with van der Waals surface area (Å²) in [6.45, 7) is 0.306. The van der Waals surface area contributed by atoms with Crippen LogP contribution in [0.15, 0.2) is 106 Å². The van der Waals surface area contributed by atoms with Crippen molar-refractivity contribution < 1.29 is 28.2 Å². The number of hydrazine groups is 1. The van der Waals surface area contributed by atoms with Crippen LogP contribution >= 0.6 is 15.9 Å². The van der Waals surface area contributed by atoms with Gasteiger partial charge in [0.1, 0.15) is 17.4 Å². The molecule has 3 N–H and O–H groups in total. The summed E-state index contributed by atoms with van der Waals surface area (Å²) in [5, 5.41) is 12.8.